The summed E-state index contributed by atoms with van der Waals surface area (Å²) in [4.78, 5) is 29.3. The molecule has 0 spiro atoms. The third kappa shape index (κ3) is 6.85. The van der Waals surface area contributed by atoms with Crippen LogP contribution >= 0.6 is 0 Å². The first kappa shape index (κ1) is 28.1. The van der Waals surface area contributed by atoms with E-state index < -0.39 is 5.91 Å². The monoisotopic (exact) mass is 551 g/mol. The number of aromatic amines is 1. The molecule has 4 aromatic rings. The van der Waals surface area contributed by atoms with Gasteiger partial charge >= 0.3 is 6.03 Å². The van der Waals surface area contributed by atoms with Gasteiger partial charge in [-0.15, -0.1) is 0 Å². The summed E-state index contributed by atoms with van der Waals surface area (Å²) in [5.41, 5.74) is 10.8. The molecule has 8 heteroatoms. The fraction of sp³-hybridized carbons (Fsp3) is 0.273. The van der Waals surface area contributed by atoms with Gasteiger partial charge in [0.15, 0.2) is 0 Å². The number of nitrogens with one attached hydrogen (secondary N) is 4. The molecule has 8 nitrogen and oxygen atoms in total. The van der Waals surface area contributed by atoms with Crippen LogP contribution in [0, 0.1) is 6.92 Å². The molecule has 0 saturated carbocycles. The molecule has 0 saturated heterocycles. The minimum absolute atomic E-state index is 0.204. The Morgan fingerprint density at radius 3 is 2.71 bits per heavy atom. The number of rotatable bonds is 10. The topological polar surface area (TPSA) is 109 Å². The Morgan fingerprint density at radius 2 is 1.93 bits per heavy atom. The Hall–Kier alpha value is -4.40. The number of aryl methyl sites for hydroxylation is 2. The smallest absolute Gasteiger partial charge is 0.319 e. The Balaban J connectivity index is 1.37. The molecule has 1 heterocycles. The maximum atomic E-state index is 11.9. The standard InChI is InChI=1S/C33H37N5O3/c1-3-34-33(40)36-27-10-5-24(6-11-27)21-38(17-16-26-20-35-30-18-22(2)4-12-28(26)30)31-14-9-25-19-23(7-13-29(25)31)8-15-32(39)37-41/h4-8,10-13,15,18-20,31,35,41H,3,9,14,16-17,21H2,1-2H3,(H,37,39)(H2,34,36,40). The number of carbonyl (C=O) groups excluding carboxylic acids is 2. The van der Waals surface area contributed by atoms with E-state index in [1.54, 1.807) is 11.6 Å². The number of anilines is 1. The molecule has 3 aromatic carbocycles. The van der Waals surface area contributed by atoms with Gasteiger partial charge in [0, 0.05) is 54.5 Å². The molecule has 1 aliphatic rings. The van der Waals surface area contributed by atoms with Gasteiger partial charge in [-0.05, 0) is 90.8 Å². The van der Waals surface area contributed by atoms with Gasteiger partial charge in [-0.2, -0.15) is 0 Å². The molecule has 1 aliphatic carbocycles. The van der Waals surface area contributed by atoms with Crippen LogP contribution in [0.15, 0.2) is 72.9 Å². The normalized spacial score (nSPS) is 14.5. The van der Waals surface area contributed by atoms with Gasteiger partial charge < -0.3 is 15.6 Å². The van der Waals surface area contributed by atoms with Crippen molar-refractivity contribution in [2.45, 2.75) is 45.7 Å². The second-order valence-electron chi connectivity index (χ2n) is 10.6. The van der Waals surface area contributed by atoms with E-state index in [9.17, 15) is 9.59 Å². The van der Waals surface area contributed by atoms with Crippen molar-refractivity contribution in [3.05, 3.63) is 106 Å². The first-order valence-electron chi connectivity index (χ1n) is 14.1. The lowest BCUT2D eigenvalue weighted by Gasteiger charge is -2.30. The second-order valence-corrected chi connectivity index (χ2v) is 10.6. The predicted octanol–water partition coefficient (Wildman–Crippen LogP) is 5.87. The van der Waals surface area contributed by atoms with E-state index in [0.717, 1.165) is 43.6 Å². The number of hydrogen-bond acceptors (Lipinski definition) is 4. The Bertz CT molecular complexity index is 1560. The number of carbonyl (C=O) groups is 2. The zero-order chi connectivity index (χ0) is 28.8. The maximum absolute atomic E-state index is 11.9. The lowest BCUT2D eigenvalue weighted by molar-refractivity contribution is -0.124. The van der Waals surface area contributed by atoms with Crippen molar-refractivity contribution in [2.75, 3.05) is 18.4 Å². The number of H-pyrrole nitrogens is 1. The molecule has 0 radical (unpaired) electrons. The molecule has 5 N–H and O–H groups in total. The third-order valence-corrected chi connectivity index (χ3v) is 7.72. The summed E-state index contributed by atoms with van der Waals surface area (Å²) in [6, 6.07) is 21.0. The van der Waals surface area contributed by atoms with Gasteiger partial charge in [-0.3, -0.25) is 14.9 Å². The summed E-state index contributed by atoms with van der Waals surface area (Å²) in [5, 5.41) is 15.7. The summed E-state index contributed by atoms with van der Waals surface area (Å²) >= 11 is 0. The van der Waals surface area contributed by atoms with E-state index in [0.29, 0.717) is 6.54 Å². The molecule has 3 amide bonds. The third-order valence-electron chi connectivity index (χ3n) is 7.72. The maximum Gasteiger partial charge on any atom is 0.319 e. The van der Waals surface area contributed by atoms with Gasteiger partial charge in [0.1, 0.15) is 0 Å². The Morgan fingerprint density at radius 1 is 1.10 bits per heavy atom. The van der Waals surface area contributed by atoms with Crippen molar-refractivity contribution in [3.8, 4) is 0 Å². The fourth-order valence-electron chi connectivity index (χ4n) is 5.69. The van der Waals surface area contributed by atoms with Gasteiger partial charge in [0.05, 0.1) is 0 Å². The summed E-state index contributed by atoms with van der Waals surface area (Å²) in [6.45, 7) is 6.25. The van der Waals surface area contributed by atoms with E-state index in [1.165, 1.54) is 44.8 Å². The van der Waals surface area contributed by atoms with Crippen molar-refractivity contribution in [1.29, 1.82) is 0 Å². The molecular weight excluding hydrogens is 514 g/mol. The molecule has 0 bridgehead atoms. The van der Waals surface area contributed by atoms with Crippen LogP contribution in [0.5, 0.6) is 0 Å². The van der Waals surface area contributed by atoms with E-state index in [4.69, 9.17) is 5.21 Å². The number of nitrogens with zero attached hydrogens (tertiary/aromatic N) is 1. The Kier molecular flexibility index (Phi) is 8.82. The average molecular weight is 552 g/mol. The summed E-state index contributed by atoms with van der Waals surface area (Å²) < 4.78 is 0. The molecule has 5 rings (SSSR count). The molecule has 212 valence electrons. The zero-order valence-electron chi connectivity index (χ0n) is 23.5. The van der Waals surface area contributed by atoms with E-state index in [-0.39, 0.29) is 12.1 Å². The number of fused-ring (bicyclic) bond motifs is 2. The highest BCUT2D eigenvalue weighted by atomic mass is 16.5. The molecule has 1 aromatic heterocycles. The minimum atomic E-state index is -0.547. The van der Waals surface area contributed by atoms with Crippen molar-refractivity contribution >= 4 is 34.6 Å². The van der Waals surface area contributed by atoms with Crippen molar-refractivity contribution in [2.24, 2.45) is 0 Å². The number of urea groups is 1. The number of amides is 3. The van der Waals surface area contributed by atoms with Crippen molar-refractivity contribution in [3.63, 3.8) is 0 Å². The van der Waals surface area contributed by atoms with Crippen molar-refractivity contribution < 1.29 is 14.8 Å². The first-order valence-corrected chi connectivity index (χ1v) is 14.1. The molecule has 1 unspecified atom stereocenters. The lowest BCUT2D eigenvalue weighted by Crippen LogP contribution is -2.29. The molecule has 41 heavy (non-hydrogen) atoms. The highest BCUT2D eigenvalue weighted by Crippen LogP contribution is 2.37. The van der Waals surface area contributed by atoms with Crippen LogP contribution in [0.3, 0.4) is 0 Å². The van der Waals surface area contributed by atoms with Crippen LogP contribution in [0.25, 0.3) is 17.0 Å². The van der Waals surface area contributed by atoms with Crippen LogP contribution in [0.2, 0.25) is 0 Å². The lowest BCUT2D eigenvalue weighted by atomic mass is 10.0. The van der Waals surface area contributed by atoms with E-state index in [1.807, 2.05) is 25.1 Å². The molecular formula is C33H37N5O3. The van der Waals surface area contributed by atoms with Gasteiger partial charge in [0.25, 0.3) is 5.91 Å². The van der Waals surface area contributed by atoms with Crippen LogP contribution < -0.4 is 16.1 Å². The average Bonchev–Trinajstić information content (AvgIpc) is 3.58. The van der Waals surface area contributed by atoms with Crippen molar-refractivity contribution in [1.82, 2.24) is 20.7 Å². The van der Waals surface area contributed by atoms with E-state index in [2.05, 4.69) is 76.1 Å². The van der Waals surface area contributed by atoms with Crippen LogP contribution in [0.4, 0.5) is 10.5 Å². The van der Waals surface area contributed by atoms with E-state index >= 15 is 0 Å². The molecule has 0 aliphatic heterocycles. The second kappa shape index (κ2) is 12.8. The fourth-order valence-corrected chi connectivity index (χ4v) is 5.69. The summed E-state index contributed by atoms with van der Waals surface area (Å²) in [5.74, 6) is -0.547. The van der Waals surface area contributed by atoms with Gasteiger partial charge in [0.2, 0.25) is 0 Å². The predicted molar refractivity (Wildman–Crippen MR) is 163 cm³/mol. The minimum Gasteiger partial charge on any atom is -0.361 e. The summed E-state index contributed by atoms with van der Waals surface area (Å²) in [6.07, 6.45) is 8.08. The quantitative estimate of drug-likeness (QED) is 0.0965. The summed E-state index contributed by atoms with van der Waals surface area (Å²) in [7, 11) is 0. The van der Waals surface area contributed by atoms with Gasteiger partial charge in [-0.25, -0.2) is 10.3 Å². The van der Waals surface area contributed by atoms with Crippen LogP contribution in [-0.2, 0) is 24.2 Å². The number of hydrogen-bond donors (Lipinski definition) is 5. The Labute approximate surface area is 240 Å². The SMILES string of the molecule is CCNC(=O)Nc1ccc(CN(CCc2c[nH]c3cc(C)ccc23)C2CCc3cc(C=CC(=O)NO)ccc32)cc1. The molecule has 0 fully saturated rings. The van der Waals surface area contributed by atoms with Crippen LogP contribution in [-0.4, -0.2) is 40.1 Å². The first-order chi connectivity index (χ1) is 19.9. The molecule has 1 atom stereocenters. The van der Waals surface area contributed by atoms with Crippen LogP contribution in [0.1, 0.15) is 52.8 Å². The van der Waals surface area contributed by atoms with Gasteiger partial charge in [-0.1, -0.05) is 42.5 Å². The largest absolute Gasteiger partial charge is 0.361 e. The number of benzene rings is 3. The highest BCUT2D eigenvalue weighted by molar-refractivity contribution is 5.91. The number of aromatic nitrogens is 1. The highest BCUT2D eigenvalue weighted by Gasteiger charge is 2.28. The zero-order valence-corrected chi connectivity index (χ0v) is 23.5. The number of hydroxylamine groups is 1.